The monoisotopic (exact) mass is 351 g/mol. The fraction of sp³-hybridized carbons (Fsp3) is 0.438. The van der Waals surface area contributed by atoms with Crippen LogP contribution in [-0.4, -0.2) is 41.9 Å². The molecular weight excluding hydrogens is 330 g/mol. The van der Waals surface area contributed by atoms with Gasteiger partial charge in [-0.2, -0.15) is 0 Å². The number of carbonyl (C=O) groups excluding carboxylic acids is 3. The Morgan fingerprint density at radius 1 is 1.08 bits per heavy atom. The summed E-state index contributed by atoms with van der Waals surface area (Å²) in [5.41, 5.74) is 0.161. The highest BCUT2D eigenvalue weighted by Gasteiger charge is 2.10. The molecule has 0 radical (unpaired) electrons. The van der Waals surface area contributed by atoms with E-state index in [1.54, 1.807) is 13.8 Å². The Bertz CT molecular complexity index is 627. The van der Waals surface area contributed by atoms with Crippen molar-refractivity contribution >= 4 is 23.5 Å². The van der Waals surface area contributed by atoms with Crippen LogP contribution >= 0.6 is 0 Å². The number of amides is 2. The minimum absolute atomic E-state index is 0.0535. The van der Waals surface area contributed by atoms with Crippen LogP contribution in [0.2, 0.25) is 0 Å². The number of non-ortho nitro benzene ring substituents is 1. The first-order chi connectivity index (χ1) is 11.8. The number of benzene rings is 1. The predicted octanol–water partition coefficient (Wildman–Crippen LogP) is 1.17. The van der Waals surface area contributed by atoms with Crippen molar-refractivity contribution in [3.05, 3.63) is 39.9 Å². The number of esters is 1. The molecular formula is C16H21N3O6. The fourth-order valence-corrected chi connectivity index (χ4v) is 1.84. The van der Waals surface area contributed by atoms with E-state index in [1.165, 1.54) is 24.3 Å². The molecule has 9 heteroatoms. The summed E-state index contributed by atoms with van der Waals surface area (Å²) in [7, 11) is 0. The number of hydrogen-bond donors (Lipinski definition) is 2. The van der Waals surface area contributed by atoms with Gasteiger partial charge in [-0.25, -0.2) is 0 Å². The van der Waals surface area contributed by atoms with Crippen LogP contribution in [-0.2, 0) is 14.3 Å². The summed E-state index contributed by atoms with van der Waals surface area (Å²) in [6, 6.07) is 5.15. The smallest absolute Gasteiger partial charge is 0.307 e. The number of nitro groups is 1. The van der Waals surface area contributed by atoms with Crippen molar-refractivity contribution in [2.24, 2.45) is 0 Å². The maximum atomic E-state index is 11.8. The van der Waals surface area contributed by atoms with E-state index in [-0.39, 0.29) is 55.2 Å². The molecule has 25 heavy (non-hydrogen) atoms. The van der Waals surface area contributed by atoms with Gasteiger partial charge in [0.05, 0.1) is 17.4 Å². The molecule has 0 spiro atoms. The molecule has 0 aliphatic rings. The predicted molar refractivity (Wildman–Crippen MR) is 88.9 cm³/mol. The van der Waals surface area contributed by atoms with E-state index in [2.05, 4.69) is 10.6 Å². The van der Waals surface area contributed by atoms with Gasteiger partial charge in [0.25, 0.3) is 11.6 Å². The van der Waals surface area contributed by atoms with Gasteiger partial charge in [0.1, 0.15) is 0 Å². The van der Waals surface area contributed by atoms with Crippen LogP contribution in [0.25, 0.3) is 0 Å². The lowest BCUT2D eigenvalue weighted by Gasteiger charge is -2.09. The molecule has 9 nitrogen and oxygen atoms in total. The van der Waals surface area contributed by atoms with E-state index in [4.69, 9.17) is 4.74 Å². The first kappa shape index (κ1) is 20.1. The zero-order valence-corrected chi connectivity index (χ0v) is 14.1. The third-order valence-corrected chi connectivity index (χ3v) is 3.00. The molecule has 0 aliphatic carbocycles. The van der Waals surface area contributed by atoms with Gasteiger partial charge in [-0.05, 0) is 26.0 Å². The number of carbonyl (C=O) groups is 3. The molecule has 0 atom stereocenters. The van der Waals surface area contributed by atoms with Gasteiger partial charge in [0.2, 0.25) is 5.91 Å². The Hall–Kier alpha value is -2.97. The van der Waals surface area contributed by atoms with Crippen LogP contribution in [0.3, 0.4) is 0 Å². The lowest BCUT2D eigenvalue weighted by atomic mass is 10.2. The summed E-state index contributed by atoms with van der Waals surface area (Å²) in [6.07, 6.45) is -0.0605. The lowest BCUT2D eigenvalue weighted by molar-refractivity contribution is -0.384. The molecule has 0 aliphatic heterocycles. The summed E-state index contributed by atoms with van der Waals surface area (Å²) in [5, 5.41) is 15.6. The zero-order valence-electron chi connectivity index (χ0n) is 14.1. The van der Waals surface area contributed by atoms with Crippen LogP contribution in [0.1, 0.15) is 37.0 Å². The number of hydrogen-bond acceptors (Lipinski definition) is 6. The van der Waals surface area contributed by atoms with E-state index in [9.17, 15) is 24.5 Å². The van der Waals surface area contributed by atoms with Gasteiger partial charge in [-0.15, -0.1) is 0 Å². The standard InChI is InChI=1S/C16H21N3O6/c1-11(2)25-15(21)8-10-17-14(20)7-9-18-16(22)12-3-5-13(6-4-12)19(23)24/h3-6,11H,7-10H2,1-2H3,(H,17,20)(H,18,22). The van der Waals surface area contributed by atoms with E-state index in [0.29, 0.717) is 0 Å². The van der Waals surface area contributed by atoms with E-state index >= 15 is 0 Å². The Morgan fingerprint density at radius 3 is 2.24 bits per heavy atom. The SMILES string of the molecule is CC(C)OC(=O)CCNC(=O)CCNC(=O)c1ccc([N+](=O)[O-])cc1. The van der Waals surface area contributed by atoms with E-state index < -0.39 is 10.8 Å². The second kappa shape index (κ2) is 10.0. The number of nitro benzene ring substituents is 1. The molecule has 0 fully saturated rings. The molecule has 1 aromatic rings. The molecule has 0 aromatic heterocycles. The first-order valence-corrected chi connectivity index (χ1v) is 7.78. The Balaban J connectivity index is 2.25. The summed E-state index contributed by atoms with van der Waals surface area (Å²) in [6.45, 7) is 3.76. The highest BCUT2D eigenvalue weighted by atomic mass is 16.6. The van der Waals surface area contributed by atoms with Crippen molar-refractivity contribution in [1.29, 1.82) is 0 Å². The summed E-state index contributed by atoms with van der Waals surface area (Å²) < 4.78 is 4.93. The first-order valence-electron chi connectivity index (χ1n) is 7.78. The summed E-state index contributed by atoms with van der Waals surface area (Å²) in [5.74, 6) is -1.12. The second-order valence-electron chi connectivity index (χ2n) is 5.45. The number of nitrogens with zero attached hydrogens (tertiary/aromatic N) is 1. The topological polar surface area (TPSA) is 128 Å². The average Bonchev–Trinajstić information content (AvgIpc) is 2.54. The second-order valence-corrected chi connectivity index (χ2v) is 5.45. The zero-order chi connectivity index (χ0) is 18.8. The molecule has 0 saturated heterocycles. The largest absolute Gasteiger partial charge is 0.463 e. The number of rotatable bonds is 9. The Labute approximate surface area is 144 Å². The molecule has 1 aromatic carbocycles. The molecule has 0 unspecified atom stereocenters. The van der Waals surface area contributed by atoms with Gasteiger partial charge in [-0.1, -0.05) is 0 Å². The molecule has 1 rings (SSSR count). The van der Waals surface area contributed by atoms with Gasteiger partial charge in [-0.3, -0.25) is 24.5 Å². The van der Waals surface area contributed by atoms with E-state index in [1.807, 2.05) is 0 Å². The quantitative estimate of drug-likeness (QED) is 0.390. The van der Waals surface area contributed by atoms with Gasteiger partial charge >= 0.3 is 5.97 Å². The molecule has 136 valence electrons. The number of ether oxygens (including phenoxy) is 1. The van der Waals surface area contributed by atoms with Gasteiger partial charge in [0, 0.05) is 37.2 Å². The maximum Gasteiger partial charge on any atom is 0.307 e. The minimum atomic E-state index is -0.553. The van der Waals surface area contributed by atoms with Crippen molar-refractivity contribution in [3.8, 4) is 0 Å². The Kier molecular flexibility index (Phi) is 8.04. The number of nitrogens with one attached hydrogen (secondary N) is 2. The van der Waals surface area contributed by atoms with Crippen molar-refractivity contribution in [1.82, 2.24) is 10.6 Å². The van der Waals surface area contributed by atoms with Crippen LogP contribution in [0.15, 0.2) is 24.3 Å². The normalized spacial score (nSPS) is 10.2. The highest BCUT2D eigenvalue weighted by molar-refractivity contribution is 5.94. The van der Waals surface area contributed by atoms with Crippen LogP contribution in [0.5, 0.6) is 0 Å². The third-order valence-electron chi connectivity index (χ3n) is 3.00. The fourth-order valence-electron chi connectivity index (χ4n) is 1.84. The summed E-state index contributed by atoms with van der Waals surface area (Å²) in [4.78, 5) is 44.7. The van der Waals surface area contributed by atoms with Crippen molar-refractivity contribution in [2.45, 2.75) is 32.8 Å². The minimum Gasteiger partial charge on any atom is -0.463 e. The van der Waals surface area contributed by atoms with Crippen LogP contribution in [0.4, 0.5) is 5.69 Å². The summed E-state index contributed by atoms with van der Waals surface area (Å²) >= 11 is 0. The van der Waals surface area contributed by atoms with Crippen LogP contribution in [0, 0.1) is 10.1 Å². The van der Waals surface area contributed by atoms with Crippen molar-refractivity contribution < 1.29 is 24.0 Å². The van der Waals surface area contributed by atoms with E-state index in [0.717, 1.165) is 0 Å². The average molecular weight is 351 g/mol. The highest BCUT2D eigenvalue weighted by Crippen LogP contribution is 2.11. The lowest BCUT2D eigenvalue weighted by Crippen LogP contribution is -2.32. The maximum absolute atomic E-state index is 11.8. The molecule has 0 heterocycles. The van der Waals surface area contributed by atoms with Crippen LogP contribution < -0.4 is 10.6 Å². The third kappa shape index (κ3) is 7.91. The Morgan fingerprint density at radius 2 is 1.68 bits per heavy atom. The van der Waals surface area contributed by atoms with Gasteiger partial charge in [0.15, 0.2) is 0 Å². The molecule has 0 bridgehead atoms. The molecule has 2 N–H and O–H groups in total. The van der Waals surface area contributed by atoms with Crippen molar-refractivity contribution in [3.63, 3.8) is 0 Å². The van der Waals surface area contributed by atoms with Gasteiger partial charge < -0.3 is 15.4 Å². The molecule has 0 saturated carbocycles. The van der Waals surface area contributed by atoms with Crippen molar-refractivity contribution in [2.75, 3.05) is 13.1 Å². The molecule has 2 amide bonds.